The Morgan fingerprint density at radius 2 is 0.603 bits per heavy atom. The van der Waals surface area contributed by atoms with E-state index in [1.165, 1.54) is 186 Å². The van der Waals surface area contributed by atoms with E-state index in [0.29, 0.717) is 19.3 Å². The third kappa shape index (κ3) is 44.0. The van der Waals surface area contributed by atoms with Crippen molar-refractivity contribution in [3.05, 3.63) is 0 Å². The Labute approximate surface area is 361 Å². The van der Waals surface area contributed by atoms with E-state index in [9.17, 15) is 14.4 Å². The molecule has 344 valence electrons. The Hall–Kier alpha value is -1.59. The number of carbonyl (C=O) groups excluding carboxylic acids is 3. The third-order valence-corrected chi connectivity index (χ3v) is 12.2. The number of rotatable bonds is 47. The van der Waals surface area contributed by atoms with Crippen LogP contribution in [0.5, 0.6) is 0 Å². The minimum atomic E-state index is -0.761. The highest BCUT2D eigenvalue weighted by atomic mass is 16.6. The summed E-state index contributed by atoms with van der Waals surface area (Å²) < 4.78 is 16.8. The second kappa shape index (κ2) is 46.5. The summed E-state index contributed by atoms with van der Waals surface area (Å²) in [6.45, 7) is 9.00. The van der Waals surface area contributed by atoms with Gasteiger partial charge in [0.05, 0.1) is 0 Å². The van der Waals surface area contributed by atoms with Gasteiger partial charge in [0.25, 0.3) is 0 Å². The van der Waals surface area contributed by atoms with Crippen molar-refractivity contribution in [3.8, 4) is 0 Å². The fourth-order valence-corrected chi connectivity index (χ4v) is 7.83. The largest absolute Gasteiger partial charge is 0.462 e. The molecule has 0 aromatic rings. The highest BCUT2D eigenvalue weighted by Gasteiger charge is 2.19. The lowest BCUT2D eigenvalue weighted by atomic mass is 10.00. The zero-order valence-electron chi connectivity index (χ0n) is 39.5. The lowest BCUT2D eigenvalue weighted by Gasteiger charge is -2.18. The van der Waals surface area contributed by atoms with Gasteiger partial charge in [0.1, 0.15) is 13.2 Å². The Bertz CT molecular complexity index is 874. The van der Waals surface area contributed by atoms with Crippen LogP contribution in [0, 0.1) is 5.92 Å². The fraction of sp³-hybridized carbons (Fsp3) is 0.942. The molecule has 0 bridgehead atoms. The summed E-state index contributed by atoms with van der Waals surface area (Å²) in [5.74, 6) is -0.0328. The SMILES string of the molecule is CCCCCCCCCCCCCCCCCC(=O)OC[C@@H](COC(=O)CCCCCCCCC(C)CC)OC(=O)CCCCCCCCCCCCCCCCC. The number of carbonyl (C=O) groups is 3. The van der Waals surface area contributed by atoms with Crippen molar-refractivity contribution in [2.75, 3.05) is 13.2 Å². The molecule has 58 heavy (non-hydrogen) atoms. The van der Waals surface area contributed by atoms with Crippen molar-refractivity contribution in [2.24, 2.45) is 5.92 Å². The molecule has 0 aliphatic rings. The predicted molar refractivity (Wildman–Crippen MR) is 247 cm³/mol. The molecule has 0 saturated carbocycles. The van der Waals surface area contributed by atoms with Gasteiger partial charge in [-0.1, -0.05) is 252 Å². The van der Waals surface area contributed by atoms with Gasteiger partial charge in [0.2, 0.25) is 0 Å². The molecule has 0 amide bonds. The van der Waals surface area contributed by atoms with E-state index in [1.54, 1.807) is 0 Å². The molecule has 0 heterocycles. The van der Waals surface area contributed by atoms with E-state index in [0.717, 1.165) is 63.7 Å². The van der Waals surface area contributed by atoms with Crippen LogP contribution >= 0.6 is 0 Å². The zero-order valence-corrected chi connectivity index (χ0v) is 39.5. The van der Waals surface area contributed by atoms with Crippen LogP contribution in [0.15, 0.2) is 0 Å². The summed E-state index contributed by atoms with van der Waals surface area (Å²) in [4.78, 5) is 37.9. The second-order valence-electron chi connectivity index (χ2n) is 18.1. The van der Waals surface area contributed by atoms with E-state index >= 15 is 0 Å². The van der Waals surface area contributed by atoms with Gasteiger partial charge in [0, 0.05) is 19.3 Å². The number of esters is 3. The van der Waals surface area contributed by atoms with E-state index in [-0.39, 0.29) is 31.1 Å². The van der Waals surface area contributed by atoms with E-state index < -0.39 is 6.10 Å². The van der Waals surface area contributed by atoms with E-state index in [4.69, 9.17) is 14.2 Å². The van der Waals surface area contributed by atoms with Gasteiger partial charge in [-0.3, -0.25) is 14.4 Å². The molecular weight excluding hydrogens is 721 g/mol. The summed E-state index contributed by atoms with van der Waals surface area (Å²) >= 11 is 0. The first kappa shape index (κ1) is 56.4. The minimum Gasteiger partial charge on any atom is -0.462 e. The molecule has 0 aliphatic heterocycles. The average molecular weight is 821 g/mol. The molecule has 0 aromatic heterocycles. The van der Waals surface area contributed by atoms with Crippen molar-refractivity contribution in [3.63, 3.8) is 0 Å². The van der Waals surface area contributed by atoms with Crippen LogP contribution < -0.4 is 0 Å². The molecular formula is C52H100O6. The molecule has 2 atom stereocenters. The first-order chi connectivity index (χ1) is 28.4. The highest BCUT2D eigenvalue weighted by Crippen LogP contribution is 2.17. The summed E-state index contributed by atoms with van der Waals surface area (Å²) in [5, 5.41) is 0. The van der Waals surface area contributed by atoms with Crippen LogP contribution in [-0.2, 0) is 28.6 Å². The lowest BCUT2D eigenvalue weighted by molar-refractivity contribution is -0.167. The van der Waals surface area contributed by atoms with Crippen molar-refractivity contribution < 1.29 is 28.6 Å². The van der Waals surface area contributed by atoms with Gasteiger partial charge < -0.3 is 14.2 Å². The number of ether oxygens (including phenoxy) is 3. The standard InChI is InChI=1S/C52H100O6/c1-5-8-10-12-14-16-18-20-22-24-26-28-30-35-39-43-50(53)56-46-49(47-57-51(54)44-40-36-33-32-34-38-42-48(4)7-3)58-52(55)45-41-37-31-29-27-25-23-21-19-17-15-13-11-9-6-2/h48-49H,5-47H2,1-4H3/t48?,49-/m0/s1. The first-order valence-corrected chi connectivity index (χ1v) is 25.9. The van der Waals surface area contributed by atoms with Crippen LogP contribution in [0.25, 0.3) is 0 Å². The van der Waals surface area contributed by atoms with Gasteiger partial charge in [-0.15, -0.1) is 0 Å². The number of hydrogen-bond acceptors (Lipinski definition) is 6. The van der Waals surface area contributed by atoms with Crippen LogP contribution in [0.1, 0.15) is 291 Å². The summed E-state index contributed by atoms with van der Waals surface area (Å²) in [6, 6.07) is 0. The van der Waals surface area contributed by atoms with Crippen molar-refractivity contribution in [1.82, 2.24) is 0 Å². The van der Waals surface area contributed by atoms with Gasteiger partial charge in [-0.2, -0.15) is 0 Å². The normalized spacial score (nSPS) is 12.4. The summed E-state index contributed by atoms with van der Waals surface area (Å²) in [6.07, 6.45) is 48.0. The predicted octanol–water partition coefficient (Wildman–Crippen LogP) is 16.7. The van der Waals surface area contributed by atoms with Crippen molar-refractivity contribution in [1.29, 1.82) is 0 Å². The van der Waals surface area contributed by atoms with Crippen LogP contribution in [0.4, 0.5) is 0 Å². The van der Waals surface area contributed by atoms with Crippen molar-refractivity contribution >= 4 is 17.9 Å². The van der Waals surface area contributed by atoms with E-state index in [1.807, 2.05) is 0 Å². The summed E-state index contributed by atoms with van der Waals surface area (Å²) in [7, 11) is 0. The molecule has 6 heteroatoms. The quantitative estimate of drug-likeness (QED) is 0.0346. The molecule has 0 N–H and O–H groups in total. The Kier molecular flexibility index (Phi) is 45.2. The molecule has 0 rings (SSSR count). The van der Waals surface area contributed by atoms with Crippen LogP contribution in [0.2, 0.25) is 0 Å². The Balaban J connectivity index is 4.29. The van der Waals surface area contributed by atoms with Crippen LogP contribution in [0.3, 0.4) is 0 Å². The lowest BCUT2D eigenvalue weighted by Crippen LogP contribution is -2.30. The monoisotopic (exact) mass is 821 g/mol. The minimum absolute atomic E-state index is 0.0634. The fourth-order valence-electron chi connectivity index (χ4n) is 7.83. The highest BCUT2D eigenvalue weighted by molar-refractivity contribution is 5.71. The second-order valence-corrected chi connectivity index (χ2v) is 18.1. The molecule has 0 radical (unpaired) electrons. The molecule has 0 spiro atoms. The zero-order chi connectivity index (χ0) is 42.4. The van der Waals surface area contributed by atoms with E-state index in [2.05, 4.69) is 27.7 Å². The molecule has 0 fully saturated rings. The van der Waals surface area contributed by atoms with Gasteiger partial charge in [0.15, 0.2) is 6.10 Å². The molecule has 1 unspecified atom stereocenters. The van der Waals surface area contributed by atoms with Gasteiger partial charge in [-0.05, 0) is 25.2 Å². The maximum atomic E-state index is 12.8. The Morgan fingerprint density at radius 1 is 0.345 bits per heavy atom. The van der Waals surface area contributed by atoms with Gasteiger partial charge in [-0.25, -0.2) is 0 Å². The van der Waals surface area contributed by atoms with Crippen molar-refractivity contribution in [2.45, 2.75) is 297 Å². The smallest absolute Gasteiger partial charge is 0.306 e. The molecule has 6 nitrogen and oxygen atoms in total. The van der Waals surface area contributed by atoms with Crippen LogP contribution in [-0.4, -0.2) is 37.2 Å². The maximum absolute atomic E-state index is 12.8. The molecule has 0 saturated heterocycles. The Morgan fingerprint density at radius 3 is 0.897 bits per heavy atom. The van der Waals surface area contributed by atoms with Gasteiger partial charge >= 0.3 is 17.9 Å². The topological polar surface area (TPSA) is 78.9 Å². The number of unbranched alkanes of at least 4 members (excludes halogenated alkanes) is 33. The maximum Gasteiger partial charge on any atom is 0.306 e. The third-order valence-electron chi connectivity index (χ3n) is 12.2. The number of hydrogen-bond donors (Lipinski definition) is 0. The average Bonchev–Trinajstić information content (AvgIpc) is 3.22. The molecule has 0 aliphatic carbocycles. The molecule has 0 aromatic carbocycles. The summed E-state index contributed by atoms with van der Waals surface area (Å²) in [5.41, 5.74) is 0. The first-order valence-electron chi connectivity index (χ1n) is 25.9.